The highest BCUT2D eigenvalue weighted by atomic mass is 32.3. The van der Waals surface area contributed by atoms with E-state index in [0.29, 0.717) is 21.1 Å². The molecule has 1 aromatic carbocycles. The topological polar surface area (TPSA) is 0 Å². The standard InChI is InChI=1S/C20H20SSi/c1-22(2)21-18-14-8-13-17(18)19(15-9-6-7-10-15)20(21)16-11-4-3-5-12-16/h3-15,20H,1-2H3. The first-order valence-corrected chi connectivity index (χ1v) is 12.3. The van der Waals surface area contributed by atoms with E-state index in [9.17, 15) is 0 Å². The van der Waals surface area contributed by atoms with E-state index < -0.39 is 7.50 Å². The zero-order valence-electron chi connectivity index (χ0n) is 13.0. The lowest BCUT2D eigenvalue weighted by molar-refractivity contribution is 0.904. The molecular formula is C20H20SSi. The number of rotatable bonds is 2. The summed E-state index contributed by atoms with van der Waals surface area (Å²) in [6.45, 7) is 4.95. The van der Waals surface area contributed by atoms with Crippen LogP contribution in [0, 0.1) is 5.92 Å². The average Bonchev–Trinajstić information content (AvgIpc) is 3.23. The van der Waals surface area contributed by atoms with Crippen molar-refractivity contribution >= 4 is 17.4 Å². The van der Waals surface area contributed by atoms with Crippen molar-refractivity contribution in [3.63, 3.8) is 0 Å². The van der Waals surface area contributed by atoms with Crippen LogP contribution in [0.4, 0.5) is 0 Å². The third-order valence-electron chi connectivity index (χ3n) is 4.49. The Kier molecular flexibility index (Phi) is 3.59. The normalized spacial score (nSPS) is 26.0. The Morgan fingerprint density at radius 2 is 1.68 bits per heavy atom. The molecule has 0 nitrogen and oxygen atoms in total. The minimum atomic E-state index is -0.392. The van der Waals surface area contributed by atoms with Gasteiger partial charge in [-0.2, -0.15) is 9.89 Å². The summed E-state index contributed by atoms with van der Waals surface area (Å²) in [5, 5.41) is 0.577. The summed E-state index contributed by atoms with van der Waals surface area (Å²) in [7, 11) is -0.0327. The average molecular weight is 321 g/mol. The molecule has 0 fully saturated rings. The molecule has 2 unspecified atom stereocenters. The summed E-state index contributed by atoms with van der Waals surface area (Å²) in [5.74, 6) is 0.477. The number of benzene rings is 1. The minimum Gasteiger partial charge on any atom is -0.170 e. The third-order valence-corrected chi connectivity index (χ3v) is 11.2. The number of fused-ring (bicyclic) bond motifs is 1. The summed E-state index contributed by atoms with van der Waals surface area (Å²) in [6, 6.07) is 11.2. The van der Waals surface area contributed by atoms with E-state index in [1.54, 1.807) is 10.5 Å². The number of hydrogen-bond acceptors (Lipinski definition) is 0. The molecule has 2 atom stereocenters. The van der Waals surface area contributed by atoms with Gasteiger partial charge in [0.2, 0.25) is 0 Å². The molecule has 0 radical (unpaired) electrons. The van der Waals surface area contributed by atoms with Crippen molar-refractivity contribution in [2.24, 2.45) is 5.92 Å². The molecule has 1 heterocycles. The lowest BCUT2D eigenvalue weighted by Crippen LogP contribution is -2.06. The van der Waals surface area contributed by atoms with E-state index in [2.05, 4.69) is 86.0 Å². The lowest BCUT2D eigenvalue weighted by Gasteiger charge is -2.23. The summed E-state index contributed by atoms with van der Waals surface area (Å²) in [5.41, 5.74) is 4.66. The van der Waals surface area contributed by atoms with Crippen molar-refractivity contribution in [1.82, 2.24) is 0 Å². The van der Waals surface area contributed by atoms with Crippen LogP contribution < -0.4 is 0 Å². The van der Waals surface area contributed by atoms with Crippen LogP contribution in [0.5, 0.6) is 0 Å². The Morgan fingerprint density at radius 1 is 0.955 bits per heavy atom. The predicted molar refractivity (Wildman–Crippen MR) is 100 cm³/mol. The Balaban J connectivity index is 1.95. The molecule has 1 aliphatic heterocycles. The molecule has 2 aliphatic carbocycles. The van der Waals surface area contributed by atoms with Crippen LogP contribution in [0.15, 0.2) is 88.9 Å². The molecule has 0 amide bonds. The first kappa shape index (κ1) is 14.1. The van der Waals surface area contributed by atoms with Gasteiger partial charge in [0.05, 0.1) is 0 Å². The van der Waals surface area contributed by atoms with E-state index in [0.717, 1.165) is 0 Å². The maximum absolute atomic E-state index is 2.48. The Hall–Kier alpha value is -1.51. The van der Waals surface area contributed by atoms with E-state index in [1.807, 2.05) is 0 Å². The molecule has 4 rings (SSSR count). The molecular weight excluding hydrogens is 300 g/mol. The maximum Gasteiger partial charge on any atom is 0.0462 e. The third kappa shape index (κ3) is 2.13. The molecule has 3 aliphatic rings. The van der Waals surface area contributed by atoms with Gasteiger partial charge in [-0.1, -0.05) is 79.9 Å². The van der Waals surface area contributed by atoms with Crippen LogP contribution in [0.25, 0.3) is 0 Å². The van der Waals surface area contributed by atoms with Gasteiger partial charge in [-0.05, 0) is 22.8 Å². The predicted octanol–water partition coefficient (Wildman–Crippen LogP) is 5.75. The Morgan fingerprint density at radius 3 is 2.36 bits per heavy atom. The molecule has 0 saturated heterocycles. The van der Waals surface area contributed by atoms with Gasteiger partial charge in [0.15, 0.2) is 0 Å². The van der Waals surface area contributed by atoms with Crippen LogP contribution >= 0.6 is 9.89 Å². The highest BCUT2D eigenvalue weighted by Crippen LogP contribution is 2.60. The second kappa shape index (κ2) is 5.60. The molecule has 22 heavy (non-hydrogen) atoms. The van der Waals surface area contributed by atoms with Gasteiger partial charge in [0.25, 0.3) is 0 Å². The molecule has 0 N–H and O–H groups in total. The molecule has 110 valence electrons. The summed E-state index contributed by atoms with van der Waals surface area (Å²) >= 11 is 0. The SMILES string of the molecule is C[Si](C)=S1C2=CC=CC2=C(C2C=CC=C2)C1c1ccccc1. The first-order valence-electron chi connectivity index (χ1n) is 7.83. The fourth-order valence-electron chi connectivity index (χ4n) is 3.62. The van der Waals surface area contributed by atoms with E-state index in [1.165, 1.54) is 11.1 Å². The van der Waals surface area contributed by atoms with Gasteiger partial charge in [0.1, 0.15) is 0 Å². The van der Waals surface area contributed by atoms with Crippen molar-refractivity contribution in [2.75, 3.05) is 0 Å². The molecule has 0 aromatic heterocycles. The van der Waals surface area contributed by atoms with Crippen LogP contribution in [-0.2, 0) is 0 Å². The molecule has 0 bridgehead atoms. The van der Waals surface area contributed by atoms with Gasteiger partial charge < -0.3 is 0 Å². The maximum atomic E-state index is 2.48. The quantitative estimate of drug-likeness (QED) is 0.608. The highest BCUT2D eigenvalue weighted by Gasteiger charge is 2.37. The summed E-state index contributed by atoms with van der Waals surface area (Å²) < 4.78 is 0. The monoisotopic (exact) mass is 320 g/mol. The van der Waals surface area contributed by atoms with Gasteiger partial charge in [-0.15, -0.1) is 0 Å². The summed E-state index contributed by atoms with van der Waals surface area (Å²) in [4.78, 5) is 1.62. The zero-order chi connectivity index (χ0) is 15.1. The van der Waals surface area contributed by atoms with Crippen molar-refractivity contribution < 1.29 is 0 Å². The second-order valence-corrected chi connectivity index (χ2v) is 13.3. The zero-order valence-corrected chi connectivity index (χ0v) is 14.8. The van der Waals surface area contributed by atoms with Crippen molar-refractivity contribution in [2.45, 2.75) is 18.3 Å². The van der Waals surface area contributed by atoms with Crippen molar-refractivity contribution in [3.05, 3.63) is 94.5 Å². The fraction of sp³-hybridized carbons (Fsp3) is 0.200. The van der Waals surface area contributed by atoms with Crippen LogP contribution in [-0.4, -0.2) is 7.50 Å². The molecule has 2 heteroatoms. The molecule has 0 saturated carbocycles. The Labute approximate surface area is 136 Å². The smallest absolute Gasteiger partial charge is 0.0462 e. The molecule has 1 aromatic rings. The highest BCUT2D eigenvalue weighted by molar-refractivity contribution is 8.25. The van der Waals surface area contributed by atoms with Gasteiger partial charge >= 0.3 is 0 Å². The van der Waals surface area contributed by atoms with E-state index in [4.69, 9.17) is 0 Å². The van der Waals surface area contributed by atoms with E-state index in [-0.39, 0.29) is 0 Å². The minimum absolute atomic E-state index is 0.359. The van der Waals surface area contributed by atoms with Crippen LogP contribution in [0.1, 0.15) is 10.8 Å². The van der Waals surface area contributed by atoms with Crippen LogP contribution in [0.3, 0.4) is 0 Å². The first-order chi connectivity index (χ1) is 10.8. The lowest BCUT2D eigenvalue weighted by atomic mass is 9.90. The second-order valence-electron chi connectivity index (χ2n) is 6.09. The Bertz CT molecular complexity index is 787. The van der Waals surface area contributed by atoms with Crippen LogP contribution in [0.2, 0.25) is 13.1 Å². The van der Waals surface area contributed by atoms with Gasteiger partial charge in [-0.3, -0.25) is 0 Å². The van der Waals surface area contributed by atoms with E-state index >= 15 is 0 Å². The van der Waals surface area contributed by atoms with Gasteiger partial charge in [0, 0.05) is 23.6 Å². The largest absolute Gasteiger partial charge is 0.170 e. The molecule has 0 spiro atoms. The van der Waals surface area contributed by atoms with Gasteiger partial charge in [-0.25, -0.2) is 0 Å². The summed E-state index contributed by atoms with van der Waals surface area (Å²) in [6.07, 6.45) is 16.1. The number of allylic oxidation sites excluding steroid dienone is 8. The van der Waals surface area contributed by atoms with Crippen molar-refractivity contribution in [3.8, 4) is 0 Å². The fourth-order valence-corrected chi connectivity index (χ4v) is 10.5. The van der Waals surface area contributed by atoms with Crippen molar-refractivity contribution in [1.29, 1.82) is 0 Å². The number of hydrogen-bond donors (Lipinski definition) is 0.